The Morgan fingerprint density at radius 3 is 2.44 bits per heavy atom. The zero-order chi connectivity index (χ0) is 27.4. The molecule has 196 valence electrons. The molecule has 0 fully saturated rings. The highest BCUT2D eigenvalue weighted by Gasteiger charge is 2.22. The summed E-state index contributed by atoms with van der Waals surface area (Å²) < 4.78 is 18.2. The van der Waals surface area contributed by atoms with Gasteiger partial charge in [0, 0.05) is 36.4 Å². The molecule has 3 N–H and O–H groups in total. The Morgan fingerprint density at radius 1 is 1.08 bits per heavy atom. The van der Waals surface area contributed by atoms with Crippen LogP contribution in [0.4, 0.5) is 11.5 Å². The normalized spacial score (nSPS) is 10.6. The Bertz CT molecular complexity index is 1640. The maximum absolute atomic E-state index is 12.3. The number of imidazole rings is 1. The molecule has 5 rings (SSSR count). The smallest absolute Gasteiger partial charge is 0.253 e. The summed E-state index contributed by atoms with van der Waals surface area (Å²) in [6, 6.07) is 16.8. The van der Waals surface area contributed by atoms with Crippen LogP contribution >= 0.6 is 0 Å². The molecule has 11 nitrogen and oxygen atoms in total. The molecular formula is C28H25N7O4. The third kappa shape index (κ3) is 4.91. The lowest BCUT2D eigenvalue weighted by Gasteiger charge is -2.14. The Morgan fingerprint density at radius 2 is 1.82 bits per heavy atom. The number of ether oxygens (including phenoxy) is 3. The molecule has 11 heteroatoms. The minimum atomic E-state index is -0.193. The fourth-order valence-corrected chi connectivity index (χ4v) is 4.16. The molecule has 0 aliphatic rings. The first-order chi connectivity index (χ1) is 19.1. The van der Waals surface area contributed by atoms with Crippen molar-refractivity contribution < 1.29 is 19.0 Å². The van der Waals surface area contributed by atoms with Crippen molar-refractivity contribution in [3.8, 4) is 34.6 Å². The molecule has 5 aromatic rings. The van der Waals surface area contributed by atoms with Crippen molar-refractivity contribution in [1.29, 1.82) is 5.26 Å². The molecule has 0 atom stereocenters. The summed E-state index contributed by atoms with van der Waals surface area (Å²) in [5, 5.41) is 19.0. The van der Waals surface area contributed by atoms with Crippen LogP contribution in [-0.2, 0) is 6.54 Å². The minimum Gasteiger partial charge on any atom is -0.493 e. The number of pyridine rings is 1. The van der Waals surface area contributed by atoms with Crippen molar-refractivity contribution in [1.82, 2.24) is 24.9 Å². The van der Waals surface area contributed by atoms with Crippen molar-refractivity contribution in [2.45, 2.75) is 6.54 Å². The van der Waals surface area contributed by atoms with Gasteiger partial charge in [-0.15, -0.1) is 0 Å². The molecule has 1 amide bonds. The second-order valence-corrected chi connectivity index (χ2v) is 8.43. The third-order valence-electron chi connectivity index (χ3n) is 6.11. The molecule has 0 saturated heterocycles. The van der Waals surface area contributed by atoms with Crippen LogP contribution in [0, 0.1) is 11.3 Å². The number of rotatable bonds is 9. The van der Waals surface area contributed by atoms with Gasteiger partial charge >= 0.3 is 0 Å². The number of nitrogens with zero attached hydrogens (tertiary/aromatic N) is 4. The van der Waals surface area contributed by atoms with Gasteiger partial charge in [-0.3, -0.25) is 14.9 Å². The Hall–Kier alpha value is -5.50. The molecule has 39 heavy (non-hydrogen) atoms. The lowest BCUT2D eigenvalue weighted by molar-refractivity contribution is 0.0950. The maximum atomic E-state index is 12.3. The van der Waals surface area contributed by atoms with Gasteiger partial charge in [0.2, 0.25) is 5.75 Å². The molecule has 0 aliphatic heterocycles. The first kappa shape index (κ1) is 25.2. The van der Waals surface area contributed by atoms with E-state index in [4.69, 9.17) is 19.2 Å². The molecule has 0 aliphatic carbocycles. The summed E-state index contributed by atoms with van der Waals surface area (Å²) in [6.45, 7) is 0.365. The van der Waals surface area contributed by atoms with Gasteiger partial charge in [0.05, 0.1) is 26.9 Å². The number of nitriles is 1. The molecule has 0 radical (unpaired) electrons. The molecule has 0 saturated carbocycles. The first-order valence-corrected chi connectivity index (χ1v) is 11.9. The zero-order valence-electron chi connectivity index (χ0n) is 21.5. The number of nitrogens with one attached hydrogen (secondary N) is 3. The van der Waals surface area contributed by atoms with Crippen LogP contribution in [0.2, 0.25) is 0 Å². The molecule has 0 spiro atoms. The number of aromatic nitrogens is 4. The molecule has 0 unspecified atom stereocenters. The quantitative estimate of drug-likeness (QED) is 0.260. The van der Waals surface area contributed by atoms with E-state index in [9.17, 15) is 10.1 Å². The fraction of sp³-hybridized carbons (Fsp3) is 0.143. The number of fused-ring (bicyclic) bond motifs is 1. The predicted octanol–water partition coefficient (Wildman–Crippen LogP) is 4.30. The number of anilines is 2. The highest BCUT2D eigenvalue weighted by Crippen LogP contribution is 2.43. The van der Waals surface area contributed by atoms with E-state index >= 15 is 0 Å². The minimum absolute atomic E-state index is 0.193. The highest BCUT2D eigenvalue weighted by atomic mass is 16.5. The molecule has 3 aromatic heterocycles. The molecule has 0 bridgehead atoms. The van der Waals surface area contributed by atoms with Gasteiger partial charge in [0.1, 0.15) is 17.3 Å². The average Bonchev–Trinajstić information content (AvgIpc) is 3.55. The van der Waals surface area contributed by atoms with E-state index < -0.39 is 0 Å². The van der Waals surface area contributed by atoms with Crippen LogP contribution in [0.5, 0.6) is 17.2 Å². The van der Waals surface area contributed by atoms with Crippen molar-refractivity contribution in [2.24, 2.45) is 0 Å². The van der Waals surface area contributed by atoms with Crippen LogP contribution in [0.1, 0.15) is 21.5 Å². The Kier molecular flexibility index (Phi) is 7.00. The topological polar surface area (TPSA) is 139 Å². The fourth-order valence-electron chi connectivity index (χ4n) is 4.16. The van der Waals surface area contributed by atoms with E-state index in [-0.39, 0.29) is 5.91 Å². The lowest BCUT2D eigenvalue weighted by Crippen LogP contribution is -2.22. The monoisotopic (exact) mass is 523 g/mol. The van der Waals surface area contributed by atoms with E-state index in [1.165, 1.54) is 6.20 Å². The maximum Gasteiger partial charge on any atom is 0.253 e. The molecular weight excluding hydrogens is 498 g/mol. The second kappa shape index (κ2) is 10.9. The van der Waals surface area contributed by atoms with E-state index in [0.717, 1.165) is 11.3 Å². The first-order valence-electron chi connectivity index (χ1n) is 11.9. The summed E-state index contributed by atoms with van der Waals surface area (Å²) in [7, 11) is 4.64. The van der Waals surface area contributed by atoms with E-state index in [1.807, 2.05) is 24.3 Å². The van der Waals surface area contributed by atoms with Gasteiger partial charge in [0.15, 0.2) is 23.0 Å². The number of aromatic amines is 1. The van der Waals surface area contributed by atoms with E-state index in [0.29, 0.717) is 57.6 Å². The van der Waals surface area contributed by atoms with Crippen LogP contribution in [0.15, 0.2) is 67.1 Å². The number of carbonyl (C=O) groups is 1. The Labute approximate surface area is 224 Å². The third-order valence-corrected chi connectivity index (χ3v) is 6.11. The van der Waals surface area contributed by atoms with Crippen molar-refractivity contribution in [3.63, 3.8) is 0 Å². The zero-order valence-corrected chi connectivity index (χ0v) is 21.5. The summed E-state index contributed by atoms with van der Waals surface area (Å²) in [5.41, 5.74) is 4.35. The van der Waals surface area contributed by atoms with Gasteiger partial charge < -0.3 is 24.8 Å². The van der Waals surface area contributed by atoms with Crippen LogP contribution in [0.25, 0.3) is 16.9 Å². The second-order valence-electron chi connectivity index (χ2n) is 8.43. The summed E-state index contributed by atoms with van der Waals surface area (Å²) in [6.07, 6.45) is 4.75. The summed E-state index contributed by atoms with van der Waals surface area (Å²) in [4.78, 5) is 21.1. The average molecular weight is 524 g/mol. The van der Waals surface area contributed by atoms with Crippen LogP contribution < -0.4 is 24.8 Å². The predicted molar refractivity (Wildman–Crippen MR) is 144 cm³/mol. The number of benzene rings is 2. The van der Waals surface area contributed by atoms with Crippen molar-refractivity contribution in [3.05, 3.63) is 83.8 Å². The van der Waals surface area contributed by atoms with Gasteiger partial charge in [0.25, 0.3) is 5.91 Å². The van der Waals surface area contributed by atoms with E-state index in [2.05, 4.69) is 26.8 Å². The van der Waals surface area contributed by atoms with Gasteiger partial charge in [-0.2, -0.15) is 5.26 Å². The standard InChI is InChI=1S/C28H25N7O4/c1-37-22-11-19(12-23(38-2)25(22)39-3)24-27(35-26(34-24)20(13-29)16-32-35)33-21-8-6-17(7-9-21)14-31-28(36)18-5-4-10-30-15-18/h4-12,15-16,32-33H,14H2,1-3H3,(H,31,36). The van der Waals surface area contributed by atoms with Crippen LogP contribution in [0.3, 0.4) is 0 Å². The SMILES string of the molecule is COc1cc(-c2nc3c(C#N)c[nH]n3c2Nc2ccc(CNC(=O)c3cccnc3)cc2)cc(OC)c1OC. The molecule has 2 aromatic carbocycles. The van der Waals surface area contributed by atoms with Gasteiger partial charge in [-0.1, -0.05) is 12.1 Å². The number of hydrogen-bond donors (Lipinski definition) is 3. The molecule has 3 heterocycles. The van der Waals surface area contributed by atoms with Gasteiger partial charge in [-0.05, 0) is 42.0 Å². The Balaban J connectivity index is 1.45. The van der Waals surface area contributed by atoms with E-state index in [1.54, 1.807) is 62.5 Å². The summed E-state index contributed by atoms with van der Waals surface area (Å²) in [5.74, 6) is 1.84. The van der Waals surface area contributed by atoms with Crippen molar-refractivity contribution in [2.75, 3.05) is 26.6 Å². The van der Waals surface area contributed by atoms with Gasteiger partial charge in [-0.25, -0.2) is 9.50 Å². The number of amides is 1. The van der Waals surface area contributed by atoms with Crippen LogP contribution in [-0.4, -0.2) is 46.8 Å². The number of hydrogen-bond acceptors (Lipinski definition) is 8. The number of methoxy groups -OCH3 is 3. The lowest BCUT2D eigenvalue weighted by atomic mass is 10.1. The largest absolute Gasteiger partial charge is 0.493 e. The number of H-pyrrole nitrogens is 1. The van der Waals surface area contributed by atoms with Crippen molar-refractivity contribution >= 4 is 23.1 Å². The number of carbonyl (C=O) groups excluding carboxylic acids is 1. The highest BCUT2D eigenvalue weighted by molar-refractivity contribution is 5.93. The summed E-state index contributed by atoms with van der Waals surface area (Å²) >= 11 is 0.